The van der Waals surface area contributed by atoms with E-state index in [2.05, 4.69) is 21.2 Å². The van der Waals surface area contributed by atoms with Crippen LogP contribution in [0.4, 0.5) is 5.69 Å². The minimum Gasteiger partial charge on any atom is -0.463 e. The van der Waals surface area contributed by atoms with Crippen molar-refractivity contribution >= 4 is 27.6 Å². The van der Waals surface area contributed by atoms with E-state index in [1.165, 1.54) is 0 Å². The molecule has 0 unspecified atom stereocenters. The molecule has 0 radical (unpaired) electrons. The van der Waals surface area contributed by atoms with Crippen LogP contribution < -0.4 is 5.32 Å². The van der Waals surface area contributed by atoms with Gasteiger partial charge in [-0.3, -0.25) is 0 Å². The second kappa shape index (κ2) is 6.45. The number of halogens is 1. The Bertz CT molecular complexity index is 441. The van der Waals surface area contributed by atoms with Crippen LogP contribution in [0, 0.1) is 6.92 Å². The van der Waals surface area contributed by atoms with Gasteiger partial charge in [0.1, 0.15) is 0 Å². The van der Waals surface area contributed by atoms with Crippen molar-refractivity contribution in [3.63, 3.8) is 0 Å². The molecule has 0 bridgehead atoms. The van der Waals surface area contributed by atoms with Crippen LogP contribution in [0.15, 0.2) is 34.4 Å². The van der Waals surface area contributed by atoms with E-state index in [1.54, 1.807) is 20.0 Å². The van der Waals surface area contributed by atoms with Gasteiger partial charge in [0.15, 0.2) is 0 Å². The molecule has 1 N–H and O–H groups in total. The molecule has 92 valence electrons. The van der Waals surface area contributed by atoms with Gasteiger partial charge in [0.25, 0.3) is 0 Å². The number of benzene rings is 1. The van der Waals surface area contributed by atoms with Crippen LogP contribution in [0.2, 0.25) is 0 Å². The van der Waals surface area contributed by atoms with Crippen LogP contribution in [0.3, 0.4) is 0 Å². The molecule has 0 heterocycles. The van der Waals surface area contributed by atoms with Crippen LogP contribution in [0.25, 0.3) is 0 Å². The van der Waals surface area contributed by atoms with E-state index >= 15 is 0 Å². The summed E-state index contributed by atoms with van der Waals surface area (Å²) in [5.74, 6) is -0.297. The molecule has 17 heavy (non-hydrogen) atoms. The Labute approximate surface area is 110 Å². The number of carbonyl (C=O) groups excluding carboxylic acids is 1. The molecule has 0 atom stereocenters. The van der Waals surface area contributed by atoms with Crippen molar-refractivity contribution < 1.29 is 9.53 Å². The average Bonchev–Trinajstić information content (AvgIpc) is 2.27. The van der Waals surface area contributed by atoms with Crippen LogP contribution >= 0.6 is 15.9 Å². The lowest BCUT2D eigenvalue weighted by atomic mass is 10.2. The van der Waals surface area contributed by atoms with Gasteiger partial charge < -0.3 is 10.1 Å². The number of hydrogen-bond acceptors (Lipinski definition) is 3. The predicted molar refractivity (Wildman–Crippen MR) is 72.9 cm³/mol. The quantitative estimate of drug-likeness (QED) is 0.681. The second-order valence-corrected chi connectivity index (χ2v) is 4.57. The summed E-state index contributed by atoms with van der Waals surface area (Å²) in [5.41, 5.74) is 2.62. The van der Waals surface area contributed by atoms with Gasteiger partial charge in [-0.2, -0.15) is 0 Å². The van der Waals surface area contributed by atoms with Crippen molar-refractivity contribution in [1.82, 2.24) is 0 Å². The first-order chi connectivity index (χ1) is 8.04. The monoisotopic (exact) mass is 297 g/mol. The Morgan fingerprint density at radius 3 is 2.82 bits per heavy atom. The van der Waals surface area contributed by atoms with Crippen LogP contribution in [-0.2, 0) is 9.53 Å². The molecule has 1 aromatic carbocycles. The molecular weight excluding hydrogens is 282 g/mol. The second-order valence-electron chi connectivity index (χ2n) is 3.65. The van der Waals surface area contributed by atoms with Crippen LogP contribution in [0.1, 0.15) is 19.4 Å². The molecule has 0 aliphatic carbocycles. The summed E-state index contributed by atoms with van der Waals surface area (Å²) < 4.78 is 5.92. The van der Waals surface area contributed by atoms with Crippen molar-refractivity contribution in [3.05, 3.63) is 40.0 Å². The van der Waals surface area contributed by atoms with E-state index in [-0.39, 0.29) is 5.97 Å². The largest absolute Gasteiger partial charge is 0.463 e. The van der Waals surface area contributed by atoms with Crippen molar-refractivity contribution in [2.75, 3.05) is 11.9 Å². The lowest BCUT2D eigenvalue weighted by molar-refractivity contribution is -0.138. The highest BCUT2D eigenvalue weighted by Gasteiger charge is 2.04. The number of nitrogens with one attached hydrogen (secondary N) is 1. The zero-order valence-electron chi connectivity index (χ0n) is 10.2. The molecule has 4 heteroatoms. The fourth-order valence-electron chi connectivity index (χ4n) is 1.28. The summed E-state index contributed by atoms with van der Waals surface area (Å²) in [4.78, 5) is 11.4. The van der Waals surface area contributed by atoms with Crippen molar-refractivity contribution in [2.24, 2.45) is 0 Å². The Balaban J connectivity index is 2.72. The first-order valence-electron chi connectivity index (χ1n) is 5.41. The van der Waals surface area contributed by atoms with Gasteiger partial charge in [0.2, 0.25) is 0 Å². The van der Waals surface area contributed by atoms with Crippen molar-refractivity contribution in [2.45, 2.75) is 20.8 Å². The standard InChI is InChI=1S/C13H16BrNO2/c1-4-17-13(16)10(3)8-15-12-6-5-11(14)7-9(12)2/h5-8,15H,4H2,1-3H3. The highest BCUT2D eigenvalue weighted by atomic mass is 79.9. The molecule has 0 amide bonds. The molecule has 0 saturated heterocycles. The highest BCUT2D eigenvalue weighted by molar-refractivity contribution is 9.10. The van der Waals surface area contributed by atoms with Gasteiger partial charge in [0, 0.05) is 16.4 Å². The Morgan fingerprint density at radius 1 is 1.53 bits per heavy atom. The average molecular weight is 298 g/mol. The number of anilines is 1. The van der Waals surface area contributed by atoms with E-state index < -0.39 is 0 Å². The number of ether oxygens (including phenoxy) is 1. The third-order valence-corrected chi connectivity index (χ3v) is 2.72. The number of rotatable bonds is 4. The fraction of sp³-hybridized carbons (Fsp3) is 0.308. The van der Waals surface area contributed by atoms with E-state index in [4.69, 9.17) is 4.74 Å². The fourth-order valence-corrected chi connectivity index (χ4v) is 1.75. The SMILES string of the molecule is CCOC(=O)C(C)=CNc1ccc(Br)cc1C. The molecule has 0 aromatic heterocycles. The molecule has 0 aliphatic rings. The van der Waals surface area contributed by atoms with Crippen LogP contribution in [0.5, 0.6) is 0 Å². The van der Waals surface area contributed by atoms with Gasteiger partial charge >= 0.3 is 5.97 Å². The van der Waals surface area contributed by atoms with Gasteiger partial charge in [-0.1, -0.05) is 15.9 Å². The van der Waals surface area contributed by atoms with Crippen LogP contribution in [-0.4, -0.2) is 12.6 Å². The van der Waals surface area contributed by atoms with Gasteiger partial charge in [-0.25, -0.2) is 4.79 Å². The normalized spacial score (nSPS) is 11.2. The molecular formula is C13H16BrNO2. The summed E-state index contributed by atoms with van der Waals surface area (Å²) >= 11 is 3.40. The number of carbonyl (C=O) groups is 1. The van der Waals surface area contributed by atoms with Gasteiger partial charge in [-0.05, 0) is 44.5 Å². The predicted octanol–water partition coefficient (Wildman–Crippen LogP) is 3.64. The highest BCUT2D eigenvalue weighted by Crippen LogP contribution is 2.20. The van der Waals surface area contributed by atoms with Gasteiger partial charge in [0.05, 0.1) is 12.2 Å². The van der Waals surface area contributed by atoms with E-state index in [9.17, 15) is 4.79 Å². The minimum absolute atomic E-state index is 0.297. The van der Waals surface area contributed by atoms with E-state index in [0.717, 1.165) is 15.7 Å². The van der Waals surface area contributed by atoms with Crippen molar-refractivity contribution in [3.8, 4) is 0 Å². The minimum atomic E-state index is -0.297. The summed E-state index contributed by atoms with van der Waals surface area (Å²) in [6, 6.07) is 5.91. The Kier molecular flexibility index (Phi) is 5.22. The molecule has 0 fully saturated rings. The van der Waals surface area contributed by atoms with Crippen molar-refractivity contribution in [1.29, 1.82) is 0 Å². The molecule has 0 saturated carbocycles. The number of hydrogen-bond donors (Lipinski definition) is 1. The Hall–Kier alpha value is -1.29. The maximum absolute atomic E-state index is 11.4. The number of aryl methyl sites for hydroxylation is 1. The summed E-state index contributed by atoms with van der Waals surface area (Å²) in [6.45, 7) is 5.90. The maximum Gasteiger partial charge on any atom is 0.335 e. The maximum atomic E-state index is 11.4. The molecule has 1 rings (SSSR count). The lowest BCUT2D eigenvalue weighted by Gasteiger charge is -2.07. The summed E-state index contributed by atoms with van der Waals surface area (Å²) in [5, 5.41) is 3.10. The van der Waals surface area contributed by atoms with Gasteiger partial charge in [-0.15, -0.1) is 0 Å². The third-order valence-electron chi connectivity index (χ3n) is 2.23. The summed E-state index contributed by atoms with van der Waals surface area (Å²) in [6.07, 6.45) is 1.66. The Morgan fingerprint density at radius 2 is 2.24 bits per heavy atom. The van der Waals surface area contributed by atoms with E-state index in [1.807, 2.05) is 25.1 Å². The first kappa shape index (κ1) is 13.8. The molecule has 3 nitrogen and oxygen atoms in total. The molecule has 0 aliphatic heterocycles. The number of esters is 1. The molecule has 1 aromatic rings. The zero-order valence-corrected chi connectivity index (χ0v) is 11.8. The summed E-state index contributed by atoms with van der Waals surface area (Å²) in [7, 11) is 0. The molecule has 0 spiro atoms. The van der Waals surface area contributed by atoms with E-state index in [0.29, 0.717) is 12.2 Å². The topological polar surface area (TPSA) is 38.3 Å². The zero-order chi connectivity index (χ0) is 12.8. The lowest BCUT2D eigenvalue weighted by Crippen LogP contribution is -2.06. The third kappa shape index (κ3) is 4.23. The smallest absolute Gasteiger partial charge is 0.335 e. The first-order valence-corrected chi connectivity index (χ1v) is 6.20.